The van der Waals surface area contributed by atoms with Gasteiger partial charge in [0.15, 0.2) is 0 Å². The van der Waals surface area contributed by atoms with Crippen LogP contribution in [0.4, 0.5) is 0 Å². The molecule has 0 fully saturated rings. The van der Waals surface area contributed by atoms with Crippen LogP contribution in [0.1, 0.15) is 24.3 Å². The number of pyridine rings is 1. The summed E-state index contributed by atoms with van der Waals surface area (Å²) >= 11 is 9.19. The molecule has 0 bridgehead atoms. The van der Waals surface area contributed by atoms with Crippen LogP contribution in [-0.4, -0.2) is 28.9 Å². The third-order valence-corrected chi connectivity index (χ3v) is 2.78. The molecular formula is C10H12BrClN2O. The summed E-state index contributed by atoms with van der Waals surface area (Å²) in [6.07, 6.45) is 1.57. The Morgan fingerprint density at radius 1 is 1.53 bits per heavy atom. The van der Waals surface area contributed by atoms with Gasteiger partial charge >= 0.3 is 0 Å². The highest BCUT2D eigenvalue weighted by Crippen LogP contribution is 2.20. The average molecular weight is 292 g/mol. The van der Waals surface area contributed by atoms with Crippen LogP contribution in [0.15, 0.2) is 16.7 Å². The van der Waals surface area contributed by atoms with E-state index in [0.717, 1.165) is 4.47 Å². The summed E-state index contributed by atoms with van der Waals surface area (Å²) in [5.41, 5.74) is 0.309. The minimum Gasteiger partial charge on any atom is -0.338 e. The van der Waals surface area contributed by atoms with Gasteiger partial charge in [-0.3, -0.25) is 4.79 Å². The summed E-state index contributed by atoms with van der Waals surface area (Å²) < 4.78 is 0.767. The number of nitrogens with zero attached hydrogens (tertiary/aromatic N) is 2. The summed E-state index contributed by atoms with van der Waals surface area (Å²) in [6, 6.07) is 1.67. The highest BCUT2D eigenvalue weighted by atomic mass is 79.9. The van der Waals surface area contributed by atoms with Crippen LogP contribution < -0.4 is 0 Å². The zero-order chi connectivity index (χ0) is 11.4. The van der Waals surface area contributed by atoms with E-state index in [9.17, 15) is 4.79 Å². The summed E-state index contributed by atoms with van der Waals surface area (Å²) in [5.74, 6) is -0.127. The second-order valence-electron chi connectivity index (χ2n) is 2.96. The van der Waals surface area contributed by atoms with Crippen LogP contribution in [0.25, 0.3) is 0 Å². The molecule has 0 atom stereocenters. The maximum atomic E-state index is 11.9. The first-order valence-corrected chi connectivity index (χ1v) is 5.87. The van der Waals surface area contributed by atoms with Crippen molar-refractivity contribution in [1.29, 1.82) is 0 Å². The first-order chi connectivity index (χ1) is 7.10. The maximum Gasteiger partial charge on any atom is 0.273 e. The van der Waals surface area contributed by atoms with Crippen molar-refractivity contribution in [3.05, 3.63) is 27.5 Å². The van der Waals surface area contributed by atoms with Gasteiger partial charge in [-0.15, -0.1) is 0 Å². The zero-order valence-electron chi connectivity index (χ0n) is 8.63. The Labute approximate surface area is 103 Å². The molecule has 0 radical (unpaired) electrons. The molecule has 0 N–H and O–H groups in total. The molecule has 0 aliphatic heterocycles. The van der Waals surface area contributed by atoms with E-state index >= 15 is 0 Å². The molecule has 1 amide bonds. The summed E-state index contributed by atoms with van der Waals surface area (Å²) in [6.45, 7) is 5.16. The fourth-order valence-corrected chi connectivity index (χ4v) is 1.94. The van der Waals surface area contributed by atoms with Gasteiger partial charge in [0, 0.05) is 23.8 Å². The van der Waals surface area contributed by atoms with E-state index in [2.05, 4.69) is 20.9 Å². The highest BCUT2D eigenvalue weighted by Gasteiger charge is 2.17. The largest absolute Gasteiger partial charge is 0.338 e. The standard InChI is InChI=1S/C10H12BrClN2O/c1-3-14(4-2)10(15)9-8(12)5-7(11)6-13-9/h5-6H,3-4H2,1-2H3. The Balaban J connectivity index is 3.00. The molecule has 1 aromatic heterocycles. The van der Waals surface area contributed by atoms with Gasteiger partial charge in [-0.2, -0.15) is 0 Å². The van der Waals surface area contributed by atoms with E-state index in [1.165, 1.54) is 0 Å². The van der Waals surface area contributed by atoms with Gasteiger partial charge in [0.2, 0.25) is 0 Å². The number of carbonyl (C=O) groups excluding carboxylic acids is 1. The van der Waals surface area contributed by atoms with Crippen molar-refractivity contribution in [2.45, 2.75) is 13.8 Å². The first-order valence-electron chi connectivity index (χ1n) is 4.70. The average Bonchev–Trinajstić information content (AvgIpc) is 2.19. The van der Waals surface area contributed by atoms with Crippen LogP contribution in [0.3, 0.4) is 0 Å². The first kappa shape index (κ1) is 12.5. The van der Waals surface area contributed by atoms with E-state index in [0.29, 0.717) is 23.8 Å². The quantitative estimate of drug-likeness (QED) is 0.858. The SMILES string of the molecule is CCN(CC)C(=O)c1ncc(Br)cc1Cl. The molecule has 82 valence electrons. The number of aromatic nitrogens is 1. The van der Waals surface area contributed by atoms with Gasteiger partial charge in [0.25, 0.3) is 5.91 Å². The van der Waals surface area contributed by atoms with Gasteiger partial charge in [-0.05, 0) is 35.8 Å². The van der Waals surface area contributed by atoms with Crippen LogP contribution in [0.2, 0.25) is 5.02 Å². The van der Waals surface area contributed by atoms with Gasteiger partial charge in [0.1, 0.15) is 5.69 Å². The Bertz CT molecular complexity index is 366. The second kappa shape index (κ2) is 5.47. The van der Waals surface area contributed by atoms with Crippen molar-refractivity contribution in [2.24, 2.45) is 0 Å². The number of rotatable bonds is 3. The third kappa shape index (κ3) is 2.92. The lowest BCUT2D eigenvalue weighted by Gasteiger charge is -2.18. The number of halogens is 2. The third-order valence-electron chi connectivity index (χ3n) is 2.06. The van der Waals surface area contributed by atoms with Crippen LogP contribution in [0.5, 0.6) is 0 Å². The van der Waals surface area contributed by atoms with E-state index in [1.807, 2.05) is 13.8 Å². The van der Waals surface area contributed by atoms with E-state index in [4.69, 9.17) is 11.6 Å². The summed E-state index contributed by atoms with van der Waals surface area (Å²) in [7, 11) is 0. The molecule has 0 aliphatic rings. The number of amides is 1. The monoisotopic (exact) mass is 290 g/mol. The van der Waals surface area contributed by atoms with Crippen molar-refractivity contribution in [2.75, 3.05) is 13.1 Å². The lowest BCUT2D eigenvalue weighted by Crippen LogP contribution is -2.31. The zero-order valence-corrected chi connectivity index (χ0v) is 11.0. The van der Waals surface area contributed by atoms with Gasteiger partial charge in [0.05, 0.1) is 5.02 Å². The Morgan fingerprint density at radius 2 is 2.13 bits per heavy atom. The minimum atomic E-state index is -0.127. The lowest BCUT2D eigenvalue weighted by atomic mass is 10.3. The van der Waals surface area contributed by atoms with Gasteiger partial charge in [-0.25, -0.2) is 4.98 Å². The molecule has 5 heteroatoms. The van der Waals surface area contributed by atoms with Crippen molar-refractivity contribution < 1.29 is 4.79 Å². The maximum absolute atomic E-state index is 11.9. The lowest BCUT2D eigenvalue weighted by molar-refractivity contribution is 0.0767. The molecule has 0 aromatic carbocycles. The van der Waals surface area contributed by atoms with E-state index < -0.39 is 0 Å². The summed E-state index contributed by atoms with van der Waals surface area (Å²) in [4.78, 5) is 17.6. The molecule has 0 spiro atoms. The Morgan fingerprint density at radius 3 is 2.60 bits per heavy atom. The fourth-order valence-electron chi connectivity index (χ4n) is 1.23. The molecule has 0 saturated carbocycles. The number of hydrogen-bond acceptors (Lipinski definition) is 2. The van der Waals surface area contributed by atoms with E-state index in [1.54, 1.807) is 17.2 Å². The molecule has 15 heavy (non-hydrogen) atoms. The van der Waals surface area contributed by atoms with Crippen molar-refractivity contribution in [3.63, 3.8) is 0 Å². The van der Waals surface area contributed by atoms with Gasteiger partial charge in [-0.1, -0.05) is 11.6 Å². The van der Waals surface area contributed by atoms with Gasteiger partial charge < -0.3 is 4.90 Å². The normalized spacial score (nSPS) is 10.1. The summed E-state index contributed by atoms with van der Waals surface area (Å²) in [5, 5.41) is 0.376. The molecule has 0 saturated heterocycles. The molecule has 0 unspecified atom stereocenters. The fraction of sp³-hybridized carbons (Fsp3) is 0.400. The predicted molar refractivity (Wildman–Crippen MR) is 64.2 cm³/mol. The van der Waals surface area contributed by atoms with Crippen LogP contribution >= 0.6 is 27.5 Å². The Kier molecular flexibility index (Phi) is 4.54. The molecule has 0 aliphatic carbocycles. The van der Waals surface area contributed by atoms with Crippen LogP contribution in [-0.2, 0) is 0 Å². The Hall–Kier alpha value is -0.610. The molecule has 1 rings (SSSR count). The molecule has 1 heterocycles. The number of hydrogen-bond donors (Lipinski definition) is 0. The van der Waals surface area contributed by atoms with E-state index in [-0.39, 0.29) is 5.91 Å². The number of carbonyl (C=O) groups is 1. The minimum absolute atomic E-state index is 0.127. The predicted octanol–water partition coefficient (Wildman–Crippen LogP) is 2.98. The molecule has 1 aromatic rings. The smallest absolute Gasteiger partial charge is 0.273 e. The van der Waals surface area contributed by atoms with Crippen molar-refractivity contribution in [1.82, 2.24) is 9.88 Å². The highest BCUT2D eigenvalue weighted by molar-refractivity contribution is 9.10. The topological polar surface area (TPSA) is 33.2 Å². The van der Waals surface area contributed by atoms with Crippen molar-refractivity contribution >= 4 is 33.4 Å². The van der Waals surface area contributed by atoms with Crippen LogP contribution in [0, 0.1) is 0 Å². The second-order valence-corrected chi connectivity index (χ2v) is 4.28. The molecular weight excluding hydrogens is 279 g/mol. The molecule has 3 nitrogen and oxygen atoms in total. The van der Waals surface area contributed by atoms with Crippen molar-refractivity contribution in [3.8, 4) is 0 Å².